The zero-order valence-corrected chi connectivity index (χ0v) is 10.8. The Bertz CT molecular complexity index is 166. The second-order valence-corrected chi connectivity index (χ2v) is 2.66. The van der Waals surface area contributed by atoms with Crippen LogP contribution in [0.2, 0.25) is 0 Å². The van der Waals surface area contributed by atoms with Crippen molar-refractivity contribution < 1.29 is 0 Å². The number of nitrogens with one attached hydrogen (secondary N) is 1. The van der Waals surface area contributed by atoms with E-state index in [1.54, 1.807) is 0 Å². The molecule has 1 aliphatic heterocycles. The molecule has 0 aromatic heterocycles. The quantitative estimate of drug-likeness (QED) is 0.671. The molecule has 1 heteroatoms. The first-order valence-electron chi connectivity index (χ1n) is 5.87. The summed E-state index contributed by atoms with van der Waals surface area (Å²) in [5, 5.41) is 3.29. The lowest BCUT2D eigenvalue weighted by atomic mass is 10.0. The minimum absolute atomic E-state index is 1.04. The Kier molecular flexibility index (Phi) is 14.1. The van der Waals surface area contributed by atoms with Gasteiger partial charge in [-0.2, -0.15) is 0 Å². The third kappa shape index (κ3) is 6.90. The molecule has 0 radical (unpaired) electrons. The van der Waals surface area contributed by atoms with Crippen molar-refractivity contribution >= 4 is 0 Å². The first-order valence-corrected chi connectivity index (χ1v) is 5.87. The third-order valence-electron chi connectivity index (χ3n) is 2.00. The molecule has 0 fully saturated rings. The van der Waals surface area contributed by atoms with Gasteiger partial charge in [-0.25, -0.2) is 0 Å². The molecule has 1 N–H and O–H groups in total. The van der Waals surface area contributed by atoms with Crippen LogP contribution in [0.4, 0.5) is 0 Å². The fourth-order valence-corrected chi connectivity index (χ4v) is 1.17. The topological polar surface area (TPSA) is 12.0 Å². The molecule has 0 aromatic carbocycles. The average Bonchev–Trinajstić information content (AvgIpc) is 2.34. The molecule has 1 nitrogen and oxygen atoms in total. The van der Waals surface area contributed by atoms with E-state index >= 15 is 0 Å². The maximum atomic E-state index is 3.29. The van der Waals surface area contributed by atoms with Crippen LogP contribution in [0.5, 0.6) is 0 Å². The predicted molar refractivity (Wildman–Crippen MR) is 67.7 cm³/mol. The van der Waals surface area contributed by atoms with E-state index in [2.05, 4.69) is 31.3 Å². The highest BCUT2D eigenvalue weighted by atomic mass is 14.8. The summed E-state index contributed by atoms with van der Waals surface area (Å²) in [6.07, 6.45) is 5.64. The van der Waals surface area contributed by atoms with Crippen molar-refractivity contribution in [3.63, 3.8) is 0 Å². The van der Waals surface area contributed by atoms with Crippen LogP contribution in [0.1, 0.15) is 48.0 Å². The van der Waals surface area contributed by atoms with Crippen LogP contribution < -0.4 is 5.32 Å². The van der Waals surface area contributed by atoms with Gasteiger partial charge in [-0.05, 0) is 32.4 Å². The minimum atomic E-state index is 1.04. The molecule has 1 heterocycles. The largest absolute Gasteiger partial charge is 0.313 e. The number of hydrogen-bond acceptors (Lipinski definition) is 1. The maximum absolute atomic E-state index is 3.29. The van der Waals surface area contributed by atoms with E-state index in [9.17, 15) is 0 Å². The number of hydrogen-bond donors (Lipinski definition) is 1. The molecule has 0 saturated heterocycles. The van der Waals surface area contributed by atoms with E-state index in [0.29, 0.717) is 0 Å². The van der Waals surface area contributed by atoms with E-state index in [0.717, 1.165) is 13.1 Å². The van der Waals surface area contributed by atoms with Crippen molar-refractivity contribution in [1.29, 1.82) is 0 Å². The van der Waals surface area contributed by atoms with Crippen LogP contribution in [0.25, 0.3) is 0 Å². The van der Waals surface area contributed by atoms with Gasteiger partial charge in [-0.3, -0.25) is 0 Å². The predicted octanol–water partition coefficient (Wildman–Crippen LogP) is 3.92. The van der Waals surface area contributed by atoms with Crippen molar-refractivity contribution in [2.45, 2.75) is 48.0 Å². The van der Waals surface area contributed by atoms with Crippen molar-refractivity contribution in [3.8, 4) is 0 Å². The molecular formula is C13H27N. The summed E-state index contributed by atoms with van der Waals surface area (Å²) in [6, 6.07) is 0. The summed E-state index contributed by atoms with van der Waals surface area (Å²) in [5.74, 6) is 0. The number of allylic oxidation sites excluding steroid dienone is 2. The Morgan fingerprint density at radius 3 is 2.21 bits per heavy atom. The van der Waals surface area contributed by atoms with E-state index in [1.165, 1.54) is 17.6 Å². The molecular weight excluding hydrogens is 170 g/mol. The highest BCUT2D eigenvalue weighted by Gasteiger charge is 2.02. The minimum Gasteiger partial charge on any atom is -0.313 e. The van der Waals surface area contributed by atoms with Gasteiger partial charge in [0.15, 0.2) is 0 Å². The standard InChI is InChI=1S/C9H15N.2C2H6/c1-3-8(2)9-4-6-10-7-5-9;2*1-2/h3-4,10H,5-7H2,1-2H3;2*1-2H3/b8-3+;;. The molecule has 1 rings (SSSR count). The Labute approximate surface area is 90.3 Å². The highest BCUT2D eigenvalue weighted by Crippen LogP contribution is 2.14. The fraction of sp³-hybridized carbons (Fsp3) is 0.692. The van der Waals surface area contributed by atoms with Crippen LogP contribution in [-0.2, 0) is 0 Å². The van der Waals surface area contributed by atoms with E-state index in [4.69, 9.17) is 0 Å². The zero-order valence-electron chi connectivity index (χ0n) is 10.8. The van der Waals surface area contributed by atoms with Crippen LogP contribution in [0, 0.1) is 0 Å². The molecule has 0 atom stereocenters. The molecule has 84 valence electrons. The Morgan fingerprint density at radius 2 is 1.86 bits per heavy atom. The van der Waals surface area contributed by atoms with Gasteiger partial charge in [0.25, 0.3) is 0 Å². The molecule has 0 amide bonds. The van der Waals surface area contributed by atoms with Crippen LogP contribution >= 0.6 is 0 Å². The van der Waals surface area contributed by atoms with Crippen molar-refractivity contribution in [1.82, 2.24) is 5.32 Å². The van der Waals surface area contributed by atoms with Crippen LogP contribution in [-0.4, -0.2) is 13.1 Å². The van der Waals surface area contributed by atoms with Gasteiger partial charge < -0.3 is 5.32 Å². The smallest absolute Gasteiger partial charge is 0.0140 e. The maximum Gasteiger partial charge on any atom is 0.0140 e. The number of rotatable bonds is 1. The second-order valence-electron chi connectivity index (χ2n) is 2.66. The van der Waals surface area contributed by atoms with Gasteiger partial charge >= 0.3 is 0 Å². The molecule has 0 unspecified atom stereocenters. The van der Waals surface area contributed by atoms with Crippen LogP contribution in [0.3, 0.4) is 0 Å². The lowest BCUT2D eigenvalue weighted by Gasteiger charge is -2.13. The molecule has 0 aromatic rings. The van der Waals surface area contributed by atoms with E-state index < -0.39 is 0 Å². The lowest BCUT2D eigenvalue weighted by Crippen LogP contribution is -2.20. The van der Waals surface area contributed by atoms with Crippen molar-refractivity contribution in [2.75, 3.05) is 13.1 Å². The summed E-state index contributed by atoms with van der Waals surface area (Å²) in [6.45, 7) is 14.5. The first kappa shape index (κ1) is 15.9. The molecule has 14 heavy (non-hydrogen) atoms. The van der Waals surface area contributed by atoms with Gasteiger partial charge in [-0.15, -0.1) is 0 Å². The lowest BCUT2D eigenvalue weighted by molar-refractivity contribution is 0.707. The van der Waals surface area contributed by atoms with Crippen molar-refractivity contribution in [2.24, 2.45) is 0 Å². The summed E-state index contributed by atoms with van der Waals surface area (Å²) >= 11 is 0. The van der Waals surface area contributed by atoms with Gasteiger partial charge in [0.1, 0.15) is 0 Å². The fourth-order valence-electron chi connectivity index (χ4n) is 1.17. The molecule has 0 spiro atoms. The van der Waals surface area contributed by atoms with Crippen molar-refractivity contribution in [3.05, 3.63) is 23.3 Å². The van der Waals surface area contributed by atoms with Gasteiger partial charge in [0.2, 0.25) is 0 Å². The molecule has 0 bridgehead atoms. The summed E-state index contributed by atoms with van der Waals surface area (Å²) < 4.78 is 0. The summed E-state index contributed by atoms with van der Waals surface area (Å²) in [4.78, 5) is 0. The zero-order chi connectivity index (χ0) is 11.4. The normalized spacial score (nSPS) is 15.6. The molecule has 1 aliphatic rings. The SMILES string of the molecule is C/C=C(\C)C1=CCNCC1.CC.CC. The highest BCUT2D eigenvalue weighted by molar-refractivity contribution is 5.30. The summed E-state index contributed by atoms with van der Waals surface area (Å²) in [7, 11) is 0. The van der Waals surface area contributed by atoms with E-state index in [1.807, 2.05) is 27.7 Å². The Balaban J connectivity index is 0. The second kappa shape index (κ2) is 12.4. The monoisotopic (exact) mass is 197 g/mol. The average molecular weight is 197 g/mol. The molecule has 0 saturated carbocycles. The van der Waals surface area contributed by atoms with Gasteiger partial charge in [0.05, 0.1) is 0 Å². The van der Waals surface area contributed by atoms with Gasteiger partial charge in [-0.1, -0.05) is 45.4 Å². The first-order chi connectivity index (χ1) is 6.84. The summed E-state index contributed by atoms with van der Waals surface area (Å²) in [5.41, 5.74) is 2.95. The van der Waals surface area contributed by atoms with Crippen LogP contribution in [0.15, 0.2) is 23.3 Å². The molecule has 0 aliphatic carbocycles. The Hall–Kier alpha value is -0.560. The third-order valence-corrected chi connectivity index (χ3v) is 2.00. The van der Waals surface area contributed by atoms with Gasteiger partial charge in [0, 0.05) is 6.54 Å². The van der Waals surface area contributed by atoms with E-state index in [-0.39, 0.29) is 0 Å². The Morgan fingerprint density at radius 1 is 1.29 bits per heavy atom.